The zero-order valence-corrected chi connectivity index (χ0v) is 17.2. The van der Waals surface area contributed by atoms with Gasteiger partial charge in [-0.25, -0.2) is 23.1 Å². The molecule has 5 rings (SSSR count). The lowest BCUT2D eigenvalue weighted by molar-refractivity contribution is 0.259. The second kappa shape index (κ2) is 9.42. The highest BCUT2D eigenvalue weighted by atomic mass is 19.1. The Balaban J connectivity index is 0.000000207. The van der Waals surface area contributed by atoms with Gasteiger partial charge >= 0.3 is 6.03 Å². The van der Waals surface area contributed by atoms with E-state index >= 15 is 0 Å². The summed E-state index contributed by atoms with van der Waals surface area (Å²) in [5.41, 5.74) is 6.73. The van der Waals surface area contributed by atoms with Gasteiger partial charge in [0.2, 0.25) is 0 Å². The van der Waals surface area contributed by atoms with Gasteiger partial charge in [-0.05, 0) is 49.2 Å². The molecule has 2 aromatic carbocycles. The molecule has 0 aliphatic carbocycles. The van der Waals surface area contributed by atoms with Gasteiger partial charge in [-0.15, -0.1) is 0 Å². The minimum Gasteiger partial charge on any atom is -0.351 e. The number of carbonyl (C=O) groups is 1. The molecule has 1 fully saturated rings. The molecular formula is C23H22F2N6O. The number of carbonyl (C=O) groups excluding carboxylic acids is 1. The number of amides is 2. The SMILES string of the molecule is Fc1ccc(F)c(C2CCCN2c2ccn3nccc3n2)c1.NC(=O)Nc1ccccc1. The highest BCUT2D eigenvalue weighted by Crippen LogP contribution is 2.36. The molecule has 0 saturated carbocycles. The largest absolute Gasteiger partial charge is 0.351 e. The van der Waals surface area contributed by atoms with Crippen LogP contribution < -0.4 is 16.0 Å². The lowest BCUT2D eigenvalue weighted by Gasteiger charge is -2.26. The van der Waals surface area contributed by atoms with Gasteiger partial charge in [0.15, 0.2) is 5.65 Å². The molecule has 0 spiro atoms. The normalized spacial score (nSPS) is 15.3. The van der Waals surface area contributed by atoms with E-state index in [1.807, 2.05) is 41.4 Å². The van der Waals surface area contributed by atoms with E-state index in [0.29, 0.717) is 5.56 Å². The van der Waals surface area contributed by atoms with Crippen LogP contribution >= 0.6 is 0 Å². The van der Waals surface area contributed by atoms with E-state index in [2.05, 4.69) is 15.4 Å². The molecule has 0 bridgehead atoms. The summed E-state index contributed by atoms with van der Waals surface area (Å²) in [6.07, 6.45) is 5.22. The quantitative estimate of drug-likeness (QED) is 0.494. The third-order valence-electron chi connectivity index (χ3n) is 5.15. The van der Waals surface area contributed by atoms with Crippen LogP contribution in [0.15, 0.2) is 73.1 Å². The molecular weight excluding hydrogens is 414 g/mol. The minimum atomic E-state index is -0.536. The zero-order valence-electron chi connectivity index (χ0n) is 17.2. The number of benzene rings is 2. The Morgan fingerprint density at radius 2 is 1.91 bits per heavy atom. The Bertz CT molecular complexity index is 1210. The maximum Gasteiger partial charge on any atom is 0.316 e. The van der Waals surface area contributed by atoms with E-state index in [-0.39, 0.29) is 11.9 Å². The molecule has 2 amide bonds. The molecule has 3 N–H and O–H groups in total. The van der Waals surface area contributed by atoms with Crippen LogP contribution in [0.5, 0.6) is 0 Å². The lowest BCUT2D eigenvalue weighted by Crippen LogP contribution is -2.24. The molecule has 1 atom stereocenters. The first-order valence-electron chi connectivity index (χ1n) is 10.1. The van der Waals surface area contributed by atoms with Crippen LogP contribution in [-0.2, 0) is 0 Å². The summed E-state index contributed by atoms with van der Waals surface area (Å²) in [4.78, 5) is 16.9. The third-order valence-corrected chi connectivity index (χ3v) is 5.15. The van der Waals surface area contributed by atoms with Crippen molar-refractivity contribution in [2.24, 2.45) is 5.73 Å². The highest BCUT2D eigenvalue weighted by Gasteiger charge is 2.29. The summed E-state index contributed by atoms with van der Waals surface area (Å²) in [7, 11) is 0. The van der Waals surface area contributed by atoms with Gasteiger partial charge in [0.25, 0.3) is 0 Å². The number of rotatable bonds is 3. The number of hydrogen-bond donors (Lipinski definition) is 2. The Morgan fingerprint density at radius 3 is 2.69 bits per heavy atom. The Morgan fingerprint density at radius 1 is 1.09 bits per heavy atom. The van der Waals surface area contributed by atoms with Gasteiger partial charge in [0.1, 0.15) is 17.5 Å². The van der Waals surface area contributed by atoms with Gasteiger partial charge in [0, 0.05) is 30.1 Å². The first kappa shape index (κ1) is 21.2. The first-order chi connectivity index (χ1) is 15.5. The Kier molecular flexibility index (Phi) is 6.25. The minimum absolute atomic E-state index is 0.187. The molecule has 2 aromatic heterocycles. The number of primary amides is 1. The van der Waals surface area contributed by atoms with Crippen molar-refractivity contribution in [3.05, 3.63) is 90.3 Å². The van der Waals surface area contributed by atoms with Crippen LogP contribution in [0.4, 0.5) is 25.1 Å². The summed E-state index contributed by atoms with van der Waals surface area (Å²) in [5, 5.41) is 6.56. The van der Waals surface area contributed by atoms with Crippen molar-refractivity contribution in [3.63, 3.8) is 0 Å². The number of nitrogens with one attached hydrogen (secondary N) is 1. The molecule has 7 nitrogen and oxygen atoms in total. The fraction of sp³-hybridized carbons (Fsp3) is 0.174. The predicted molar refractivity (Wildman–Crippen MR) is 118 cm³/mol. The summed E-state index contributed by atoms with van der Waals surface area (Å²) < 4.78 is 29.2. The van der Waals surface area contributed by atoms with Gasteiger partial charge < -0.3 is 16.0 Å². The molecule has 32 heavy (non-hydrogen) atoms. The van der Waals surface area contributed by atoms with E-state index in [1.165, 1.54) is 12.1 Å². The topological polar surface area (TPSA) is 88.6 Å². The van der Waals surface area contributed by atoms with Crippen LogP contribution in [0.1, 0.15) is 24.4 Å². The standard InChI is InChI=1S/C16H14F2N4.C7H8N2O/c17-11-3-4-13(18)12(10-11)14-2-1-8-21(14)15-6-9-22-16(20-15)5-7-19-22;8-7(10)9-6-4-2-1-3-5-6/h3-7,9-10,14H,1-2,8H2;1-5H,(H3,8,9,10). The number of anilines is 2. The molecule has 1 aliphatic rings. The average molecular weight is 436 g/mol. The molecule has 4 aromatic rings. The van der Waals surface area contributed by atoms with Gasteiger partial charge in [-0.3, -0.25) is 0 Å². The summed E-state index contributed by atoms with van der Waals surface area (Å²) in [6, 6.07) is 15.6. The van der Waals surface area contributed by atoms with E-state index in [9.17, 15) is 13.6 Å². The van der Waals surface area contributed by atoms with E-state index < -0.39 is 11.8 Å². The number of nitrogens with two attached hydrogens (primary N) is 1. The van der Waals surface area contributed by atoms with Gasteiger partial charge in [0.05, 0.1) is 12.2 Å². The van der Waals surface area contributed by atoms with Crippen molar-refractivity contribution in [3.8, 4) is 0 Å². The maximum absolute atomic E-state index is 14.1. The average Bonchev–Trinajstić information content (AvgIpc) is 3.45. The van der Waals surface area contributed by atoms with E-state index in [4.69, 9.17) is 5.73 Å². The monoisotopic (exact) mass is 436 g/mol. The smallest absolute Gasteiger partial charge is 0.316 e. The summed E-state index contributed by atoms with van der Waals surface area (Å²) in [5.74, 6) is -0.0228. The molecule has 164 valence electrons. The number of hydrogen-bond acceptors (Lipinski definition) is 4. The van der Waals surface area contributed by atoms with Gasteiger partial charge in [-0.2, -0.15) is 5.10 Å². The summed E-state index contributed by atoms with van der Waals surface area (Å²) in [6.45, 7) is 0.776. The number of halogens is 2. The van der Waals surface area contributed by atoms with Crippen molar-refractivity contribution >= 4 is 23.2 Å². The lowest BCUT2D eigenvalue weighted by atomic mass is 10.0. The second-order valence-corrected chi connectivity index (χ2v) is 7.29. The number of para-hydroxylation sites is 1. The Labute approximate surface area is 183 Å². The maximum atomic E-state index is 14.1. The number of urea groups is 1. The third kappa shape index (κ3) is 4.83. The molecule has 1 unspecified atom stereocenters. The zero-order chi connectivity index (χ0) is 22.5. The van der Waals surface area contributed by atoms with Crippen molar-refractivity contribution in [2.75, 3.05) is 16.8 Å². The molecule has 3 heterocycles. The molecule has 0 radical (unpaired) electrons. The van der Waals surface area contributed by atoms with E-state index in [0.717, 1.165) is 42.6 Å². The van der Waals surface area contributed by atoms with Crippen LogP contribution in [0.25, 0.3) is 5.65 Å². The number of fused-ring (bicyclic) bond motifs is 1. The fourth-order valence-electron chi connectivity index (χ4n) is 3.76. The van der Waals surface area contributed by atoms with Crippen LogP contribution in [-0.4, -0.2) is 27.2 Å². The van der Waals surface area contributed by atoms with Crippen molar-refractivity contribution < 1.29 is 13.6 Å². The number of nitrogens with zero attached hydrogens (tertiary/aromatic N) is 4. The van der Waals surface area contributed by atoms with Crippen LogP contribution in [0, 0.1) is 11.6 Å². The second-order valence-electron chi connectivity index (χ2n) is 7.29. The predicted octanol–water partition coefficient (Wildman–Crippen LogP) is 4.53. The first-order valence-corrected chi connectivity index (χ1v) is 10.1. The highest BCUT2D eigenvalue weighted by molar-refractivity contribution is 5.87. The molecule has 1 aliphatic heterocycles. The van der Waals surface area contributed by atoms with Crippen LogP contribution in [0.3, 0.4) is 0 Å². The van der Waals surface area contributed by atoms with Crippen molar-refractivity contribution in [1.29, 1.82) is 0 Å². The Hall–Kier alpha value is -4.01. The van der Waals surface area contributed by atoms with Crippen LogP contribution in [0.2, 0.25) is 0 Å². The van der Waals surface area contributed by atoms with Crippen molar-refractivity contribution in [1.82, 2.24) is 14.6 Å². The fourth-order valence-corrected chi connectivity index (χ4v) is 3.76. The molecule has 1 saturated heterocycles. The summed E-state index contributed by atoms with van der Waals surface area (Å²) >= 11 is 0. The number of aromatic nitrogens is 3. The van der Waals surface area contributed by atoms with E-state index in [1.54, 1.807) is 22.8 Å². The molecule has 9 heteroatoms. The van der Waals surface area contributed by atoms with Crippen molar-refractivity contribution in [2.45, 2.75) is 18.9 Å². The van der Waals surface area contributed by atoms with Gasteiger partial charge in [-0.1, -0.05) is 18.2 Å².